The fraction of sp³-hybridized carbons (Fsp3) is 0.647. The zero-order valence-electron chi connectivity index (χ0n) is 12.7. The molecule has 0 spiro atoms. The van der Waals surface area contributed by atoms with Gasteiger partial charge < -0.3 is 10.1 Å². The molecule has 112 valence electrons. The number of benzene rings is 1. The summed E-state index contributed by atoms with van der Waals surface area (Å²) in [6.45, 7) is 7.39. The third-order valence-corrected chi connectivity index (χ3v) is 4.97. The molecule has 2 nitrogen and oxygen atoms in total. The fourth-order valence-electron chi connectivity index (χ4n) is 2.67. The van der Waals surface area contributed by atoms with E-state index in [-0.39, 0.29) is 0 Å². The van der Waals surface area contributed by atoms with Gasteiger partial charge in [0.2, 0.25) is 0 Å². The average Bonchev–Trinajstić information content (AvgIpc) is 2.96. The maximum absolute atomic E-state index is 5.55. The quantitative estimate of drug-likeness (QED) is 0.791. The van der Waals surface area contributed by atoms with Crippen LogP contribution in [-0.4, -0.2) is 31.6 Å². The Labute approximate surface area is 127 Å². The molecule has 0 aliphatic carbocycles. The molecule has 0 radical (unpaired) electrons. The molecule has 0 amide bonds. The molecule has 1 aliphatic rings. The molecule has 1 saturated heterocycles. The summed E-state index contributed by atoms with van der Waals surface area (Å²) in [6.07, 6.45) is 2.42. The number of rotatable bonds is 8. The smallest absolute Gasteiger partial charge is 0.0510 e. The highest BCUT2D eigenvalue weighted by Gasteiger charge is 2.24. The van der Waals surface area contributed by atoms with Crippen LogP contribution in [0.2, 0.25) is 0 Å². The number of hydrogen-bond donors (Lipinski definition) is 1. The summed E-state index contributed by atoms with van der Waals surface area (Å²) in [5.41, 5.74) is 2.79. The number of nitrogens with one attached hydrogen (secondary N) is 1. The zero-order chi connectivity index (χ0) is 14.2. The van der Waals surface area contributed by atoms with Gasteiger partial charge in [0.05, 0.1) is 6.61 Å². The lowest BCUT2D eigenvalue weighted by Gasteiger charge is -2.23. The number of hydrogen-bond acceptors (Lipinski definition) is 3. The van der Waals surface area contributed by atoms with Crippen LogP contribution in [0.5, 0.6) is 0 Å². The monoisotopic (exact) mass is 293 g/mol. The lowest BCUT2D eigenvalue weighted by molar-refractivity contribution is 0.179. The molecule has 2 atom stereocenters. The molecule has 1 N–H and O–H groups in total. The van der Waals surface area contributed by atoms with Crippen LogP contribution in [0, 0.1) is 12.8 Å². The van der Waals surface area contributed by atoms with Gasteiger partial charge in [-0.2, -0.15) is 11.8 Å². The van der Waals surface area contributed by atoms with Gasteiger partial charge in [-0.15, -0.1) is 0 Å². The first-order valence-corrected chi connectivity index (χ1v) is 8.89. The Morgan fingerprint density at radius 1 is 1.45 bits per heavy atom. The second-order valence-electron chi connectivity index (χ2n) is 5.69. The summed E-state index contributed by atoms with van der Waals surface area (Å²) in [5.74, 6) is 2.99. The number of ether oxygens (including phenoxy) is 1. The lowest BCUT2D eigenvalue weighted by Crippen LogP contribution is -2.39. The van der Waals surface area contributed by atoms with E-state index in [1.165, 1.54) is 29.7 Å². The predicted octanol–water partition coefficient (Wildman–Crippen LogP) is 3.63. The first-order valence-electron chi connectivity index (χ1n) is 7.74. The summed E-state index contributed by atoms with van der Waals surface area (Å²) < 4.78 is 5.55. The highest BCUT2D eigenvalue weighted by Crippen LogP contribution is 2.22. The van der Waals surface area contributed by atoms with E-state index < -0.39 is 0 Å². The molecular formula is C17H27NOS. The van der Waals surface area contributed by atoms with Crippen molar-refractivity contribution < 1.29 is 4.74 Å². The summed E-state index contributed by atoms with van der Waals surface area (Å²) in [6, 6.07) is 9.44. The van der Waals surface area contributed by atoms with Gasteiger partial charge in [-0.25, -0.2) is 0 Å². The summed E-state index contributed by atoms with van der Waals surface area (Å²) >= 11 is 2.04. The second-order valence-corrected chi connectivity index (χ2v) is 6.72. The van der Waals surface area contributed by atoms with Crippen molar-refractivity contribution in [2.75, 3.05) is 25.5 Å². The third kappa shape index (κ3) is 5.12. The van der Waals surface area contributed by atoms with Crippen LogP contribution in [0.3, 0.4) is 0 Å². The van der Waals surface area contributed by atoms with E-state index in [1.54, 1.807) is 0 Å². The highest BCUT2D eigenvalue weighted by molar-refractivity contribution is 7.98. The Hall–Kier alpha value is -0.510. The van der Waals surface area contributed by atoms with Crippen LogP contribution in [-0.2, 0) is 10.5 Å². The van der Waals surface area contributed by atoms with Crippen molar-refractivity contribution in [3.8, 4) is 0 Å². The van der Waals surface area contributed by atoms with Crippen LogP contribution in [0.15, 0.2) is 24.3 Å². The van der Waals surface area contributed by atoms with E-state index in [2.05, 4.69) is 43.4 Å². The Morgan fingerprint density at radius 2 is 2.35 bits per heavy atom. The van der Waals surface area contributed by atoms with Crippen LogP contribution < -0.4 is 5.32 Å². The molecule has 1 heterocycles. The van der Waals surface area contributed by atoms with Crippen LogP contribution in [0.25, 0.3) is 0 Å². The van der Waals surface area contributed by atoms with Gasteiger partial charge in [-0.05, 0) is 31.9 Å². The van der Waals surface area contributed by atoms with Gasteiger partial charge in [-0.1, -0.05) is 36.8 Å². The van der Waals surface area contributed by atoms with E-state index in [1.807, 2.05) is 11.8 Å². The molecule has 0 aromatic heterocycles. The van der Waals surface area contributed by atoms with Crippen molar-refractivity contribution in [3.05, 3.63) is 35.4 Å². The highest BCUT2D eigenvalue weighted by atomic mass is 32.2. The molecule has 0 bridgehead atoms. The van der Waals surface area contributed by atoms with Crippen molar-refractivity contribution in [1.82, 2.24) is 5.32 Å². The average molecular weight is 293 g/mol. The second kappa shape index (κ2) is 8.71. The molecule has 2 rings (SSSR count). The Kier molecular flexibility index (Phi) is 6.91. The SMILES string of the molecule is CCCNC(CSCc1cccc(C)c1)C1CCOC1. The molecule has 2 unspecified atom stereocenters. The first-order chi connectivity index (χ1) is 9.79. The maximum atomic E-state index is 5.55. The molecule has 1 fully saturated rings. The van der Waals surface area contributed by atoms with Gasteiger partial charge in [0.1, 0.15) is 0 Å². The fourth-order valence-corrected chi connectivity index (χ4v) is 3.84. The maximum Gasteiger partial charge on any atom is 0.0510 e. The number of thioether (sulfide) groups is 1. The topological polar surface area (TPSA) is 21.3 Å². The van der Waals surface area contributed by atoms with E-state index in [0.717, 1.165) is 25.5 Å². The number of aryl methyl sites for hydroxylation is 1. The third-order valence-electron chi connectivity index (χ3n) is 3.84. The minimum Gasteiger partial charge on any atom is -0.381 e. The molecule has 0 saturated carbocycles. The van der Waals surface area contributed by atoms with E-state index in [9.17, 15) is 0 Å². The van der Waals surface area contributed by atoms with Crippen LogP contribution in [0.4, 0.5) is 0 Å². The van der Waals surface area contributed by atoms with E-state index in [4.69, 9.17) is 4.74 Å². The lowest BCUT2D eigenvalue weighted by atomic mass is 10.0. The molecule has 3 heteroatoms. The van der Waals surface area contributed by atoms with E-state index >= 15 is 0 Å². The van der Waals surface area contributed by atoms with Crippen molar-refractivity contribution in [2.24, 2.45) is 5.92 Å². The predicted molar refractivity (Wildman–Crippen MR) is 88.3 cm³/mol. The first kappa shape index (κ1) is 15.9. The van der Waals surface area contributed by atoms with Gasteiger partial charge in [0.25, 0.3) is 0 Å². The van der Waals surface area contributed by atoms with Crippen molar-refractivity contribution >= 4 is 11.8 Å². The molecule has 1 aromatic carbocycles. The van der Waals surface area contributed by atoms with E-state index in [0.29, 0.717) is 12.0 Å². The van der Waals surface area contributed by atoms with Crippen LogP contribution >= 0.6 is 11.8 Å². The van der Waals surface area contributed by atoms with Crippen molar-refractivity contribution in [2.45, 2.75) is 38.5 Å². The molecular weight excluding hydrogens is 266 g/mol. The van der Waals surface area contributed by atoms with Crippen LogP contribution in [0.1, 0.15) is 30.9 Å². The molecule has 1 aromatic rings. The Morgan fingerprint density at radius 3 is 3.05 bits per heavy atom. The normalized spacial score (nSPS) is 20.2. The summed E-state index contributed by atoms with van der Waals surface area (Å²) in [4.78, 5) is 0. The summed E-state index contributed by atoms with van der Waals surface area (Å²) in [7, 11) is 0. The van der Waals surface area contributed by atoms with Gasteiger partial charge in [-0.3, -0.25) is 0 Å². The summed E-state index contributed by atoms with van der Waals surface area (Å²) in [5, 5.41) is 3.71. The van der Waals surface area contributed by atoms with Gasteiger partial charge in [0, 0.05) is 30.1 Å². The van der Waals surface area contributed by atoms with Crippen molar-refractivity contribution in [3.63, 3.8) is 0 Å². The van der Waals surface area contributed by atoms with Gasteiger partial charge >= 0.3 is 0 Å². The Balaban J connectivity index is 1.78. The molecule has 1 aliphatic heterocycles. The minimum absolute atomic E-state index is 0.604. The van der Waals surface area contributed by atoms with Gasteiger partial charge in [0.15, 0.2) is 0 Å². The molecule has 20 heavy (non-hydrogen) atoms. The largest absolute Gasteiger partial charge is 0.381 e. The van der Waals surface area contributed by atoms with Crippen molar-refractivity contribution in [1.29, 1.82) is 0 Å². The standard InChI is InChI=1S/C17H27NOS/c1-3-8-18-17(16-7-9-19-11-16)13-20-12-15-6-4-5-14(2)10-15/h4-6,10,16-18H,3,7-9,11-13H2,1-2H3. The Bertz CT molecular complexity index is 390. The minimum atomic E-state index is 0.604. The zero-order valence-corrected chi connectivity index (χ0v) is 13.5.